The van der Waals surface area contributed by atoms with E-state index in [1.165, 1.54) is 0 Å². The summed E-state index contributed by atoms with van der Waals surface area (Å²) in [6.07, 6.45) is 2.75. The molecular weight excluding hydrogens is 154 g/mol. The van der Waals surface area contributed by atoms with Gasteiger partial charge >= 0.3 is 5.97 Å². The van der Waals surface area contributed by atoms with Crippen LogP contribution in [0.3, 0.4) is 0 Å². The Morgan fingerprint density at radius 2 is 2.42 bits per heavy atom. The summed E-state index contributed by atoms with van der Waals surface area (Å²) < 4.78 is 4.87. The lowest BCUT2D eigenvalue weighted by Crippen LogP contribution is -2.18. The third-order valence-electron chi connectivity index (χ3n) is 2.01. The second-order valence-corrected chi connectivity index (χ2v) is 2.86. The van der Waals surface area contributed by atoms with Crippen molar-refractivity contribution < 1.29 is 9.53 Å². The number of nitrogens with zero attached hydrogens (tertiary/aromatic N) is 1. The summed E-state index contributed by atoms with van der Waals surface area (Å²) in [5.41, 5.74) is 1.15. The van der Waals surface area contributed by atoms with Crippen molar-refractivity contribution in [2.45, 2.75) is 39.2 Å². The van der Waals surface area contributed by atoms with Crippen LogP contribution in [0.2, 0.25) is 0 Å². The molecule has 1 aliphatic rings. The third kappa shape index (κ3) is 2.06. The lowest BCUT2D eigenvalue weighted by molar-refractivity contribution is -0.144. The Hall–Kier alpha value is -0.860. The Balaban J connectivity index is 2.45. The molecule has 0 bridgehead atoms. The van der Waals surface area contributed by atoms with Crippen LogP contribution in [0.15, 0.2) is 4.99 Å². The molecule has 3 heteroatoms. The molecule has 1 heterocycles. The molecule has 0 fully saturated rings. The standard InChI is InChI=1S/C9H15NO2/c1-3-7-5-6-8(10-7)9(11)12-4-2/h8H,3-6H2,1-2H3. The molecule has 12 heavy (non-hydrogen) atoms. The van der Waals surface area contributed by atoms with Gasteiger partial charge in [-0.2, -0.15) is 0 Å². The van der Waals surface area contributed by atoms with E-state index in [2.05, 4.69) is 11.9 Å². The maximum atomic E-state index is 11.2. The van der Waals surface area contributed by atoms with E-state index in [9.17, 15) is 4.79 Å². The summed E-state index contributed by atoms with van der Waals surface area (Å²) in [5, 5.41) is 0. The maximum absolute atomic E-state index is 11.2. The number of hydrogen-bond acceptors (Lipinski definition) is 3. The van der Waals surface area contributed by atoms with Gasteiger partial charge in [0.1, 0.15) is 6.04 Å². The van der Waals surface area contributed by atoms with Crippen LogP contribution in [-0.2, 0) is 9.53 Å². The van der Waals surface area contributed by atoms with E-state index in [-0.39, 0.29) is 12.0 Å². The summed E-state index contributed by atoms with van der Waals surface area (Å²) in [4.78, 5) is 15.4. The van der Waals surface area contributed by atoms with Crippen molar-refractivity contribution in [3.8, 4) is 0 Å². The van der Waals surface area contributed by atoms with Crippen LogP contribution < -0.4 is 0 Å². The molecule has 1 atom stereocenters. The summed E-state index contributed by atoms with van der Waals surface area (Å²) in [5.74, 6) is -0.166. The van der Waals surface area contributed by atoms with Crippen molar-refractivity contribution in [1.29, 1.82) is 0 Å². The molecule has 1 rings (SSSR count). The highest BCUT2D eigenvalue weighted by Gasteiger charge is 2.24. The lowest BCUT2D eigenvalue weighted by Gasteiger charge is -2.04. The number of carbonyl (C=O) groups excluding carboxylic acids is 1. The molecule has 0 amide bonds. The Kier molecular flexibility index (Phi) is 3.26. The fourth-order valence-corrected chi connectivity index (χ4v) is 1.33. The van der Waals surface area contributed by atoms with Gasteiger partial charge in [0, 0.05) is 5.71 Å². The molecule has 68 valence electrons. The number of hydrogen-bond donors (Lipinski definition) is 0. The molecule has 0 aromatic carbocycles. The maximum Gasteiger partial charge on any atom is 0.330 e. The molecule has 0 aromatic heterocycles. The van der Waals surface area contributed by atoms with Crippen LogP contribution in [0.1, 0.15) is 33.1 Å². The first-order valence-electron chi connectivity index (χ1n) is 4.50. The Bertz CT molecular complexity index is 199. The van der Waals surface area contributed by atoms with Crippen LogP contribution in [0, 0.1) is 0 Å². The molecule has 0 aliphatic carbocycles. The molecule has 0 N–H and O–H groups in total. The fourth-order valence-electron chi connectivity index (χ4n) is 1.33. The summed E-state index contributed by atoms with van der Waals surface area (Å²) in [7, 11) is 0. The van der Waals surface area contributed by atoms with Gasteiger partial charge in [0.05, 0.1) is 6.61 Å². The molecule has 0 aromatic rings. The van der Waals surface area contributed by atoms with Gasteiger partial charge < -0.3 is 4.74 Å². The monoisotopic (exact) mass is 169 g/mol. The van der Waals surface area contributed by atoms with E-state index in [4.69, 9.17) is 4.74 Å². The van der Waals surface area contributed by atoms with Gasteiger partial charge in [0.15, 0.2) is 0 Å². The number of rotatable bonds is 3. The summed E-state index contributed by atoms with van der Waals surface area (Å²) >= 11 is 0. The van der Waals surface area contributed by atoms with Crippen LogP contribution >= 0.6 is 0 Å². The molecule has 0 spiro atoms. The molecule has 0 saturated carbocycles. The van der Waals surface area contributed by atoms with Gasteiger partial charge in [0.2, 0.25) is 0 Å². The van der Waals surface area contributed by atoms with Crippen molar-refractivity contribution >= 4 is 11.7 Å². The zero-order valence-corrected chi connectivity index (χ0v) is 7.67. The highest BCUT2D eigenvalue weighted by atomic mass is 16.5. The van der Waals surface area contributed by atoms with Crippen LogP contribution in [0.4, 0.5) is 0 Å². The molecule has 0 saturated heterocycles. The first-order valence-corrected chi connectivity index (χ1v) is 4.50. The molecular formula is C9H15NO2. The highest BCUT2D eigenvalue weighted by molar-refractivity contribution is 5.90. The van der Waals surface area contributed by atoms with E-state index in [0.29, 0.717) is 6.61 Å². The van der Waals surface area contributed by atoms with E-state index in [1.807, 2.05) is 6.92 Å². The molecule has 1 aliphatic heterocycles. The zero-order valence-electron chi connectivity index (χ0n) is 7.67. The number of esters is 1. The van der Waals surface area contributed by atoms with Crippen molar-refractivity contribution in [3.05, 3.63) is 0 Å². The van der Waals surface area contributed by atoms with Gasteiger partial charge in [-0.15, -0.1) is 0 Å². The smallest absolute Gasteiger partial charge is 0.330 e. The number of aliphatic imine (C=N–C) groups is 1. The van der Waals surface area contributed by atoms with Crippen molar-refractivity contribution in [2.75, 3.05) is 6.61 Å². The van der Waals surface area contributed by atoms with Crippen molar-refractivity contribution in [2.24, 2.45) is 4.99 Å². The van der Waals surface area contributed by atoms with Crippen molar-refractivity contribution in [1.82, 2.24) is 0 Å². The minimum Gasteiger partial charge on any atom is -0.464 e. The SMILES string of the molecule is CCOC(=O)C1CCC(CC)=N1. The van der Waals surface area contributed by atoms with Crippen LogP contribution in [-0.4, -0.2) is 24.3 Å². The molecule has 3 nitrogen and oxygen atoms in total. The van der Waals surface area contributed by atoms with Gasteiger partial charge in [-0.3, -0.25) is 4.99 Å². The first-order chi connectivity index (χ1) is 5.77. The van der Waals surface area contributed by atoms with Crippen LogP contribution in [0.5, 0.6) is 0 Å². The van der Waals surface area contributed by atoms with Gasteiger partial charge in [-0.25, -0.2) is 4.79 Å². The Labute approximate surface area is 72.8 Å². The fraction of sp³-hybridized carbons (Fsp3) is 0.778. The predicted octanol–water partition coefficient (Wildman–Crippen LogP) is 1.56. The minimum absolute atomic E-state index is 0.166. The van der Waals surface area contributed by atoms with E-state index in [1.54, 1.807) is 0 Å². The number of carbonyl (C=O) groups is 1. The predicted molar refractivity (Wildman–Crippen MR) is 47.4 cm³/mol. The summed E-state index contributed by atoms with van der Waals surface area (Å²) in [6, 6.07) is -0.208. The normalized spacial score (nSPS) is 22.2. The van der Waals surface area contributed by atoms with Gasteiger partial charge in [-0.1, -0.05) is 6.92 Å². The zero-order chi connectivity index (χ0) is 8.97. The molecule has 0 radical (unpaired) electrons. The van der Waals surface area contributed by atoms with Crippen LogP contribution in [0.25, 0.3) is 0 Å². The largest absolute Gasteiger partial charge is 0.464 e. The first kappa shape index (κ1) is 9.23. The summed E-state index contributed by atoms with van der Waals surface area (Å²) in [6.45, 7) is 4.33. The average molecular weight is 169 g/mol. The van der Waals surface area contributed by atoms with E-state index >= 15 is 0 Å². The molecule has 1 unspecified atom stereocenters. The third-order valence-corrected chi connectivity index (χ3v) is 2.01. The van der Waals surface area contributed by atoms with Gasteiger partial charge in [-0.05, 0) is 26.2 Å². The quantitative estimate of drug-likeness (QED) is 0.601. The van der Waals surface area contributed by atoms with Crippen molar-refractivity contribution in [3.63, 3.8) is 0 Å². The van der Waals surface area contributed by atoms with E-state index < -0.39 is 0 Å². The Morgan fingerprint density at radius 3 is 2.92 bits per heavy atom. The van der Waals surface area contributed by atoms with E-state index in [0.717, 1.165) is 25.0 Å². The Morgan fingerprint density at radius 1 is 1.67 bits per heavy atom. The number of ether oxygens (including phenoxy) is 1. The minimum atomic E-state index is -0.208. The highest BCUT2D eigenvalue weighted by Crippen LogP contribution is 2.16. The lowest BCUT2D eigenvalue weighted by atomic mass is 10.1. The topological polar surface area (TPSA) is 38.7 Å². The second-order valence-electron chi connectivity index (χ2n) is 2.86. The second kappa shape index (κ2) is 4.24. The average Bonchev–Trinajstić information content (AvgIpc) is 2.52. The van der Waals surface area contributed by atoms with Gasteiger partial charge in [0.25, 0.3) is 0 Å².